The molecule has 130 valence electrons. The van der Waals surface area contributed by atoms with Crippen LogP contribution in [0.1, 0.15) is 27.9 Å². The molecule has 0 fully saturated rings. The number of carbonyl (C=O) groups is 1. The number of carbonyl (C=O) groups excluding carboxylic acids is 1. The second kappa shape index (κ2) is 7.12. The van der Waals surface area contributed by atoms with Crippen LogP contribution in [0.5, 0.6) is 11.5 Å². The van der Waals surface area contributed by atoms with Gasteiger partial charge < -0.3 is 24.3 Å². The number of aromatic nitrogens is 3. The van der Waals surface area contributed by atoms with E-state index in [4.69, 9.17) is 9.47 Å². The van der Waals surface area contributed by atoms with Gasteiger partial charge in [0.25, 0.3) is 5.91 Å². The molecule has 1 aromatic carbocycles. The van der Waals surface area contributed by atoms with E-state index in [0.29, 0.717) is 23.0 Å². The van der Waals surface area contributed by atoms with Gasteiger partial charge in [-0.25, -0.2) is 4.98 Å². The number of amides is 1. The monoisotopic (exact) mass is 340 g/mol. The highest BCUT2D eigenvalue weighted by molar-refractivity contribution is 5.92. The number of hydrogen-bond acceptors (Lipinski definition) is 4. The van der Waals surface area contributed by atoms with Crippen molar-refractivity contribution in [2.45, 2.75) is 6.04 Å². The van der Waals surface area contributed by atoms with Crippen LogP contribution in [0.2, 0.25) is 0 Å². The van der Waals surface area contributed by atoms with Gasteiger partial charge in [0.05, 0.1) is 14.2 Å². The van der Waals surface area contributed by atoms with Crippen LogP contribution < -0.4 is 14.8 Å². The van der Waals surface area contributed by atoms with Gasteiger partial charge in [0.2, 0.25) is 0 Å². The Morgan fingerprint density at radius 2 is 1.96 bits per heavy atom. The summed E-state index contributed by atoms with van der Waals surface area (Å²) in [4.78, 5) is 19.9. The molecule has 3 aromatic rings. The average Bonchev–Trinajstić information content (AvgIpc) is 3.31. The van der Waals surface area contributed by atoms with Crippen molar-refractivity contribution in [3.8, 4) is 11.5 Å². The van der Waals surface area contributed by atoms with Crippen molar-refractivity contribution in [1.29, 1.82) is 0 Å². The minimum atomic E-state index is -0.459. The van der Waals surface area contributed by atoms with E-state index in [0.717, 1.165) is 5.56 Å². The second-order valence-electron chi connectivity index (χ2n) is 5.53. The molecule has 0 saturated heterocycles. The lowest BCUT2D eigenvalue weighted by Gasteiger charge is -2.20. The predicted octanol–water partition coefficient (Wildman–Crippen LogP) is 2.28. The Kier molecular flexibility index (Phi) is 4.74. The first-order valence-corrected chi connectivity index (χ1v) is 7.77. The highest BCUT2D eigenvalue weighted by atomic mass is 16.5. The van der Waals surface area contributed by atoms with Crippen LogP contribution in [-0.4, -0.2) is 34.7 Å². The number of aromatic amines is 1. The fraction of sp³-hybridized carbons (Fsp3) is 0.222. The van der Waals surface area contributed by atoms with E-state index in [2.05, 4.69) is 15.3 Å². The van der Waals surface area contributed by atoms with Crippen LogP contribution in [0.15, 0.2) is 48.9 Å². The summed E-state index contributed by atoms with van der Waals surface area (Å²) in [7, 11) is 5.06. The Labute approximate surface area is 145 Å². The third-order valence-corrected chi connectivity index (χ3v) is 3.94. The third-order valence-electron chi connectivity index (χ3n) is 3.94. The van der Waals surface area contributed by atoms with Crippen molar-refractivity contribution in [3.05, 3.63) is 66.0 Å². The first kappa shape index (κ1) is 16.6. The molecule has 0 saturated carbocycles. The van der Waals surface area contributed by atoms with Gasteiger partial charge in [0.1, 0.15) is 29.1 Å². The molecular weight excluding hydrogens is 320 g/mol. The van der Waals surface area contributed by atoms with E-state index in [1.54, 1.807) is 44.8 Å². The summed E-state index contributed by atoms with van der Waals surface area (Å²) in [6, 6.07) is 8.54. The molecule has 0 bridgehead atoms. The molecule has 7 nitrogen and oxygen atoms in total. The van der Waals surface area contributed by atoms with Gasteiger partial charge in [0, 0.05) is 31.7 Å². The lowest BCUT2D eigenvalue weighted by Crippen LogP contribution is -2.31. The number of ether oxygens (including phenoxy) is 2. The van der Waals surface area contributed by atoms with Gasteiger partial charge in [-0.1, -0.05) is 0 Å². The minimum absolute atomic E-state index is 0.222. The molecule has 0 spiro atoms. The average molecular weight is 340 g/mol. The number of benzene rings is 1. The zero-order valence-corrected chi connectivity index (χ0v) is 14.3. The summed E-state index contributed by atoms with van der Waals surface area (Å²) in [5.41, 5.74) is 1.29. The molecule has 0 aliphatic carbocycles. The van der Waals surface area contributed by atoms with E-state index in [-0.39, 0.29) is 5.91 Å². The predicted molar refractivity (Wildman–Crippen MR) is 92.9 cm³/mol. The van der Waals surface area contributed by atoms with Crippen LogP contribution in [0.25, 0.3) is 0 Å². The summed E-state index contributed by atoms with van der Waals surface area (Å²) >= 11 is 0. The highest BCUT2D eigenvalue weighted by Crippen LogP contribution is 2.29. The lowest BCUT2D eigenvalue weighted by molar-refractivity contribution is 0.0936. The number of methoxy groups -OCH3 is 2. The fourth-order valence-electron chi connectivity index (χ4n) is 2.63. The number of nitrogens with one attached hydrogen (secondary N) is 2. The molecule has 0 aliphatic rings. The summed E-state index contributed by atoms with van der Waals surface area (Å²) < 4.78 is 12.6. The Hall–Kier alpha value is -3.22. The first-order valence-electron chi connectivity index (χ1n) is 7.77. The van der Waals surface area contributed by atoms with Gasteiger partial charge in [-0.3, -0.25) is 4.79 Å². The van der Waals surface area contributed by atoms with Crippen molar-refractivity contribution in [1.82, 2.24) is 19.9 Å². The van der Waals surface area contributed by atoms with E-state index in [9.17, 15) is 4.79 Å². The molecule has 0 aliphatic heterocycles. The van der Waals surface area contributed by atoms with Crippen LogP contribution in [0.4, 0.5) is 0 Å². The van der Waals surface area contributed by atoms with Crippen molar-refractivity contribution < 1.29 is 14.3 Å². The number of hydrogen-bond donors (Lipinski definition) is 2. The van der Waals surface area contributed by atoms with Crippen molar-refractivity contribution in [2.75, 3.05) is 14.2 Å². The maximum absolute atomic E-state index is 12.6. The summed E-state index contributed by atoms with van der Waals surface area (Å²) in [6.45, 7) is 0. The number of imidazole rings is 1. The van der Waals surface area contributed by atoms with Crippen molar-refractivity contribution in [3.63, 3.8) is 0 Å². The van der Waals surface area contributed by atoms with Crippen molar-refractivity contribution in [2.24, 2.45) is 7.05 Å². The minimum Gasteiger partial charge on any atom is -0.497 e. The molecule has 3 rings (SSSR count). The third kappa shape index (κ3) is 3.50. The van der Waals surface area contributed by atoms with E-state index in [1.807, 2.05) is 29.9 Å². The van der Waals surface area contributed by atoms with Crippen LogP contribution >= 0.6 is 0 Å². The molecule has 0 radical (unpaired) electrons. The Balaban J connectivity index is 2.02. The zero-order valence-electron chi connectivity index (χ0n) is 14.3. The molecular formula is C18H20N4O3. The molecule has 2 N–H and O–H groups in total. The summed E-state index contributed by atoms with van der Waals surface area (Å²) in [5.74, 6) is 1.76. The molecule has 25 heavy (non-hydrogen) atoms. The topological polar surface area (TPSA) is 81.2 Å². The number of rotatable bonds is 6. The first-order chi connectivity index (χ1) is 12.1. The maximum atomic E-state index is 12.6. The number of H-pyrrole nitrogens is 1. The molecule has 1 amide bonds. The van der Waals surface area contributed by atoms with E-state index >= 15 is 0 Å². The highest BCUT2D eigenvalue weighted by Gasteiger charge is 2.23. The second-order valence-corrected chi connectivity index (χ2v) is 5.53. The lowest BCUT2D eigenvalue weighted by atomic mass is 10.0. The summed E-state index contributed by atoms with van der Waals surface area (Å²) in [6.07, 6.45) is 5.24. The Morgan fingerprint density at radius 1 is 1.24 bits per heavy atom. The maximum Gasteiger partial charge on any atom is 0.268 e. The molecule has 2 heterocycles. The van der Waals surface area contributed by atoms with Gasteiger partial charge in [0.15, 0.2) is 0 Å². The molecule has 1 atom stereocenters. The van der Waals surface area contributed by atoms with Gasteiger partial charge in [-0.05, 0) is 29.8 Å². The molecule has 7 heteroatoms. The van der Waals surface area contributed by atoms with Crippen LogP contribution in [0, 0.1) is 0 Å². The SMILES string of the molecule is COc1cc(OC)cc(C(NC(=O)c2ccc[nH]2)c2nccn2C)c1. The van der Waals surface area contributed by atoms with Gasteiger partial charge in [-0.2, -0.15) is 0 Å². The van der Waals surface area contributed by atoms with Crippen LogP contribution in [0.3, 0.4) is 0 Å². The Morgan fingerprint density at radius 3 is 2.48 bits per heavy atom. The number of aryl methyl sites for hydroxylation is 1. The largest absolute Gasteiger partial charge is 0.497 e. The van der Waals surface area contributed by atoms with Crippen LogP contribution in [-0.2, 0) is 7.05 Å². The number of nitrogens with zero attached hydrogens (tertiary/aromatic N) is 2. The molecule has 2 aromatic heterocycles. The Bertz CT molecular complexity index is 833. The molecule has 1 unspecified atom stereocenters. The van der Waals surface area contributed by atoms with Gasteiger partial charge >= 0.3 is 0 Å². The standard InChI is InChI=1S/C18H20N4O3/c1-22-8-7-20-17(22)16(21-18(23)15-5-4-6-19-15)12-9-13(24-2)11-14(10-12)25-3/h4-11,16,19H,1-3H3,(H,21,23). The summed E-state index contributed by atoms with van der Waals surface area (Å²) in [5, 5.41) is 3.02. The van der Waals surface area contributed by atoms with E-state index in [1.165, 1.54) is 0 Å². The fourth-order valence-corrected chi connectivity index (χ4v) is 2.63. The smallest absolute Gasteiger partial charge is 0.268 e. The van der Waals surface area contributed by atoms with Crippen molar-refractivity contribution >= 4 is 5.91 Å². The normalized spacial score (nSPS) is 11.8. The quantitative estimate of drug-likeness (QED) is 0.721. The zero-order chi connectivity index (χ0) is 17.8. The van der Waals surface area contributed by atoms with E-state index < -0.39 is 6.04 Å². The van der Waals surface area contributed by atoms with Gasteiger partial charge in [-0.15, -0.1) is 0 Å².